The monoisotopic (exact) mass is 188 g/mol. The number of hydrogen-bond donors (Lipinski definition) is 1. The minimum Gasteiger partial charge on any atom is -0.393 e. The molecule has 1 atom stereocenters. The van der Waals surface area contributed by atoms with Crippen LogP contribution in [0.4, 0.5) is 0 Å². The molecule has 1 heteroatoms. The highest BCUT2D eigenvalue weighted by Crippen LogP contribution is 2.25. The molecule has 1 aromatic rings. The average Bonchev–Trinajstić information content (AvgIpc) is 2.19. The van der Waals surface area contributed by atoms with Gasteiger partial charge in [0, 0.05) is 0 Å². The summed E-state index contributed by atoms with van der Waals surface area (Å²) in [5.41, 5.74) is 2.63. The fourth-order valence-electron chi connectivity index (χ4n) is 1.99. The SMILES string of the molecule is OC1CCC/C(=C\c2ccccc2)C1. The maximum Gasteiger partial charge on any atom is 0.0577 e. The smallest absolute Gasteiger partial charge is 0.0577 e. The maximum absolute atomic E-state index is 9.52. The van der Waals surface area contributed by atoms with Crippen LogP contribution >= 0.6 is 0 Å². The van der Waals surface area contributed by atoms with Crippen LogP contribution in [-0.4, -0.2) is 11.2 Å². The molecule has 1 nitrogen and oxygen atoms in total. The first-order valence-corrected chi connectivity index (χ1v) is 5.27. The minimum absolute atomic E-state index is 0.112. The zero-order valence-electron chi connectivity index (χ0n) is 8.32. The Morgan fingerprint density at radius 2 is 2.00 bits per heavy atom. The summed E-state index contributed by atoms with van der Waals surface area (Å²) >= 11 is 0. The molecule has 0 spiro atoms. The number of aliphatic hydroxyl groups excluding tert-OH is 1. The van der Waals surface area contributed by atoms with Gasteiger partial charge in [-0.1, -0.05) is 42.0 Å². The number of hydrogen-bond acceptors (Lipinski definition) is 1. The Bertz CT molecular complexity index is 313. The van der Waals surface area contributed by atoms with Crippen molar-refractivity contribution in [3.8, 4) is 0 Å². The van der Waals surface area contributed by atoms with Gasteiger partial charge in [-0.25, -0.2) is 0 Å². The molecular formula is C13H16O. The molecule has 1 aliphatic carbocycles. The molecule has 14 heavy (non-hydrogen) atoms. The molecule has 1 unspecified atom stereocenters. The Morgan fingerprint density at radius 1 is 1.21 bits per heavy atom. The zero-order chi connectivity index (χ0) is 9.80. The van der Waals surface area contributed by atoms with Gasteiger partial charge < -0.3 is 5.11 Å². The highest BCUT2D eigenvalue weighted by molar-refractivity contribution is 5.52. The van der Waals surface area contributed by atoms with Gasteiger partial charge in [0.1, 0.15) is 0 Å². The fourth-order valence-corrected chi connectivity index (χ4v) is 1.99. The lowest BCUT2D eigenvalue weighted by Crippen LogP contribution is -2.12. The van der Waals surface area contributed by atoms with Crippen LogP contribution in [0.1, 0.15) is 31.2 Å². The first-order valence-electron chi connectivity index (χ1n) is 5.27. The van der Waals surface area contributed by atoms with Gasteiger partial charge >= 0.3 is 0 Å². The van der Waals surface area contributed by atoms with Gasteiger partial charge in [0.15, 0.2) is 0 Å². The van der Waals surface area contributed by atoms with Crippen molar-refractivity contribution in [2.75, 3.05) is 0 Å². The van der Waals surface area contributed by atoms with E-state index in [1.165, 1.54) is 11.1 Å². The van der Waals surface area contributed by atoms with E-state index in [1.807, 2.05) is 18.2 Å². The van der Waals surface area contributed by atoms with E-state index in [-0.39, 0.29) is 6.10 Å². The van der Waals surface area contributed by atoms with Gasteiger partial charge in [-0.05, 0) is 31.2 Å². The molecule has 0 aromatic heterocycles. The third-order valence-corrected chi connectivity index (χ3v) is 2.70. The summed E-state index contributed by atoms with van der Waals surface area (Å²) in [7, 11) is 0. The maximum atomic E-state index is 9.52. The number of rotatable bonds is 1. The first-order chi connectivity index (χ1) is 6.84. The van der Waals surface area contributed by atoms with Gasteiger partial charge in [-0.2, -0.15) is 0 Å². The molecule has 0 radical (unpaired) electrons. The van der Waals surface area contributed by atoms with Crippen LogP contribution in [0.25, 0.3) is 6.08 Å². The molecule has 74 valence electrons. The normalized spacial score (nSPS) is 25.2. The second-order valence-corrected chi connectivity index (χ2v) is 3.96. The van der Waals surface area contributed by atoms with Crippen LogP contribution < -0.4 is 0 Å². The highest BCUT2D eigenvalue weighted by Gasteiger charge is 2.13. The van der Waals surface area contributed by atoms with Crippen molar-refractivity contribution in [3.63, 3.8) is 0 Å². The van der Waals surface area contributed by atoms with Crippen LogP contribution in [0.2, 0.25) is 0 Å². The van der Waals surface area contributed by atoms with Crippen molar-refractivity contribution >= 4 is 6.08 Å². The standard InChI is InChI=1S/C13H16O/c14-13-8-4-7-12(10-13)9-11-5-2-1-3-6-11/h1-3,5-6,9,13-14H,4,7-8,10H2/b12-9+. The lowest BCUT2D eigenvalue weighted by atomic mass is 9.91. The van der Waals surface area contributed by atoms with E-state index < -0.39 is 0 Å². The second-order valence-electron chi connectivity index (χ2n) is 3.96. The van der Waals surface area contributed by atoms with Crippen LogP contribution in [0.15, 0.2) is 35.9 Å². The summed E-state index contributed by atoms with van der Waals surface area (Å²) < 4.78 is 0. The van der Waals surface area contributed by atoms with E-state index in [0.29, 0.717) is 0 Å². The van der Waals surface area contributed by atoms with Gasteiger partial charge in [0.05, 0.1) is 6.10 Å². The molecule has 0 heterocycles. The molecule has 0 amide bonds. The molecule has 1 fully saturated rings. The minimum atomic E-state index is -0.112. The van der Waals surface area contributed by atoms with Crippen molar-refractivity contribution < 1.29 is 5.11 Å². The number of aliphatic hydroxyl groups is 1. The molecule has 0 saturated heterocycles. The van der Waals surface area contributed by atoms with Gasteiger partial charge in [0.2, 0.25) is 0 Å². The van der Waals surface area contributed by atoms with E-state index >= 15 is 0 Å². The van der Waals surface area contributed by atoms with Crippen molar-refractivity contribution in [3.05, 3.63) is 41.5 Å². The summed E-state index contributed by atoms with van der Waals surface area (Å²) in [5, 5.41) is 9.52. The van der Waals surface area contributed by atoms with Crippen molar-refractivity contribution in [2.45, 2.75) is 31.8 Å². The highest BCUT2D eigenvalue weighted by atomic mass is 16.3. The van der Waals surface area contributed by atoms with E-state index in [1.54, 1.807) is 0 Å². The van der Waals surface area contributed by atoms with E-state index in [2.05, 4.69) is 18.2 Å². The third-order valence-electron chi connectivity index (χ3n) is 2.70. The summed E-state index contributed by atoms with van der Waals surface area (Å²) in [4.78, 5) is 0. The number of benzene rings is 1. The second kappa shape index (κ2) is 4.43. The molecule has 0 bridgehead atoms. The van der Waals surface area contributed by atoms with Gasteiger partial charge in [-0.3, -0.25) is 0 Å². The lowest BCUT2D eigenvalue weighted by Gasteiger charge is -2.19. The molecule has 1 saturated carbocycles. The topological polar surface area (TPSA) is 20.2 Å². The quantitative estimate of drug-likeness (QED) is 0.718. The van der Waals surface area contributed by atoms with Crippen LogP contribution in [0, 0.1) is 0 Å². The summed E-state index contributed by atoms with van der Waals surface area (Å²) in [6.45, 7) is 0. The summed E-state index contributed by atoms with van der Waals surface area (Å²) in [6.07, 6.45) is 6.19. The predicted molar refractivity (Wildman–Crippen MR) is 58.9 cm³/mol. The fraction of sp³-hybridized carbons (Fsp3) is 0.385. The summed E-state index contributed by atoms with van der Waals surface area (Å²) in [6, 6.07) is 10.3. The van der Waals surface area contributed by atoms with Crippen molar-refractivity contribution in [1.82, 2.24) is 0 Å². The molecule has 2 rings (SSSR count). The van der Waals surface area contributed by atoms with Gasteiger partial charge in [0.25, 0.3) is 0 Å². The molecule has 1 N–H and O–H groups in total. The van der Waals surface area contributed by atoms with E-state index in [0.717, 1.165) is 25.7 Å². The Hall–Kier alpha value is -1.08. The van der Waals surface area contributed by atoms with Crippen molar-refractivity contribution in [1.29, 1.82) is 0 Å². The zero-order valence-corrected chi connectivity index (χ0v) is 8.32. The van der Waals surface area contributed by atoms with Crippen molar-refractivity contribution in [2.24, 2.45) is 0 Å². The molecular weight excluding hydrogens is 172 g/mol. The Kier molecular flexibility index (Phi) is 3.00. The van der Waals surface area contributed by atoms with Crippen LogP contribution in [0.3, 0.4) is 0 Å². The first kappa shape index (κ1) is 9.47. The van der Waals surface area contributed by atoms with E-state index in [9.17, 15) is 5.11 Å². The largest absolute Gasteiger partial charge is 0.393 e. The summed E-state index contributed by atoms with van der Waals surface area (Å²) in [5.74, 6) is 0. The molecule has 1 aliphatic rings. The predicted octanol–water partition coefficient (Wildman–Crippen LogP) is 3.00. The molecule has 1 aromatic carbocycles. The van der Waals surface area contributed by atoms with E-state index in [4.69, 9.17) is 0 Å². The average molecular weight is 188 g/mol. The van der Waals surface area contributed by atoms with Gasteiger partial charge in [-0.15, -0.1) is 0 Å². The van der Waals surface area contributed by atoms with Crippen LogP contribution in [-0.2, 0) is 0 Å². The Balaban J connectivity index is 2.10. The third kappa shape index (κ3) is 2.46. The Labute approximate surface area is 85.1 Å². The Morgan fingerprint density at radius 3 is 2.71 bits per heavy atom. The lowest BCUT2D eigenvalue weighted by molar-refractivity contribution is 0.150. The van der Waals surface area contributed by atoms with Crippen LogP contribution in [0.5, 0.6) is 0 Å². The molecule has 0 aliphatic heterocycles.